The van der Waals surface area contributed by atoms with E-state index in [4.69, 9.17) is 0 Å². The molecular formula is C6H15N2Rb. The second-order valence-corrected chi connectivity index (χ2v) is 1.42. The van der Waals surface area contributed by atoms with Gasteiger partial charge in [0.1, 0.15) is 0 Å². The van der Waals surface area contributed by atoms with Crippen molar-refractivity contribution in [2.24, 2.45) is 0 Å². The molecule has 1 saturated heterocycles. The Kier molecular flexibility index (Phi) is 18.4. The Bertz CT molecular complexity index is 26.5. The molecule has 0 spiro atoms. The van der Waals surface area contributed by atoms with Crippen LogP contribution in [-0.4, -0.2) is 26.2 Å². The van der Waals surface area contributed by atoms with Crippen molar-refractivity contribution in [2.45, 2.75) is 13.8 Å². The molecule has 0 aliphatic carbocycles. The van der Waals surface area contributed by atoms with E-state index in [0.717, 1.165) is 26.2 Å². The van der Waals surface area contributed by atoms with E-state index in [1.54, 1.807) is 0 Å². The van der Waals surface area contributed by atoms with E-state index in [0.29, 0.717) is 0 Å². The topological polar surface area (TPSA) is 26.1 Å². The fourth-order valence-corrected chi connectivity index (χ4v) is 0.553. The number of nitrogens with zero attached hydrogens (tertiary/aromatic N) is 1. The normalized spacial score (nSPS) is 16.7. The minimum atomic E-state index is 0. The summed E-state index contributed by atoms with van der Waals surface area (Å²) in [4.78, 5) is 0. The summed E-state index contributed by atoms with van der Waals surface area (Å²) in [7, 11) is 0. The van der Waals surface area contributed by atoms with Crippen molar-refractivity contribution < 1.29 is 58.2 Å². The summed E-state index contributed by atoms with van der Waals surface area (Å²) in [6.07, 6.45) is 0. The Balaban J connectivity index is 0. The second-order valence-electron chi connectivity index (χ2n) is 1.42. The van der Waals surface area contributed by atoms with Crippen LogP contribution in [0.1, 0.15) is 13.8 Å². The van der Waals surface area contributed by atoms with Crippen LogP contribution in [0.4, 0.5) is 0 Å². The van der Waals surface area contributed by atoms with Gasteiger partial charge in [0.15, 0.2) is 0 Å². The zero-order valence-corrected chi connectivity index (χ0v) is 11.7. The summed E-state index contributed by atoms with van der Waals surface area (Å²) in [5.41, 5.74) is 0. The molecule has 0 bridgehead atoms. The SMILES string of the molecule is C1CNCC[N-]1.CC.[Rb+]. The summed E-state index contributed by atoms with van der Waals surface area (Å²) in [6, 6.07) is 0. The fourth-order valence-electron chi connectivity index (χ4n) is 0.553. The van der Waals surface area contributed by atoms with E-state index in [1.165, 1.54) is 0 Å². The van der Waals surface area contributed by atoms with Crippen LogP contribution in [0, 0.1) is 0 Å². The Hall–Kier alpha value is 1.73. The Morgan fingerprint density at radius 2 is 1.56 bits per heavy atom. The molecule has 0 radical (unpaired) electrons. The molecule has 0 amide bonds. The molecule has 0 aromatic heterocycles. The number of piperazine rings is 1. The van der Waals surface area contributed by atoms with E-state index in [-0.39, 0.29) is 58.2 Å². The maximum absolute atomic E-state index is 4.11. The van der Waals surface area contributed by atoms with Gasteiger partial charge in [-0.3, -0.25) is 0 Å². The van der Waals surface area contributed by atoms with E-state index < -0.39 is 0 Å². The molecule has 1 rings (SSSR count). The first-order valence-electron chi connectivity index (χ1n) is 3.34. The third-order valence-corrected chi connectivity index (χ3v) is 0.893. The van der Waals surface area contributed by atoms with Crippen molar-refractivity contribution in [2.75, 3.05) is 26.2 Å². The largest absolute Gasteiger partial charge is 1.00 e. The molecule has 50 valence electrons. The maximum atomic E-state index is 4.11. The van der Waals surface area contributed by atoms with Crippen LogP contribution in [0.3, 0.4) is 0 Å². The second kappa shape index (κ2) is 12.4. The van der Waals surface area contributed by atoms with Crippen LogP contribution in [-0.2, 0) is 0 Å². The van der Waals surface area contributed by atoms with Gasteiger partial charge < -0.3 is 10.6 Å². The van der Waals surface area contributed by atoms with Crippen LogP contribution >= 0.6 is 0 Å². The molecule has 2 nitrogen and oxygen atoms in total. The number of hydrogen-bond acceptors (Lipinski definition) is 1. The summed E-state index contributed by atoms with van der Waals surface area (Å²) < 4.78 is 0. The molecule has 0 aromatic carbocycles. The van der Waals surface area contributed by atoms with Crippen molar-refractivity contribution in [1.82, 2.24) is 5.32 Å². The Morgan fingerprint density at radius 3 is 1.67 bits per heavy atom. The molecular weight excluding hydrogens is 186 g/mol. The monoisotopic (exact) mass is 200 g/mol. The minimum Gasteiger partial charge on any atom is -0.660 e. The third kappa shape index (κ3) is 9.73. The average molecular weight is 201 g/mol. The quantitative estimate of drug-likeness (QED) is 0.481. The summed E-state index contributed by atoms with van der Waals surface area (Å²) >= 11 is 0. The van der Waals surface area contributed by atoms with Gasteiger partial charge in [0.05, 0.1) is 0 Å². The first kappa shape index (κ1) is 13.3. The third-order valence-electron chi connectivity index (χ3n) is 0.893. The first-order chi connectivity index (χ1) is 4.00. The van der Waals surface area contributed by atoms with Crippen LogP contribution < -0.4 is 63.5 Å². The zero-order valence-electron chi connectivity index (χ0n) is 6.78. The van der Waals surface area contributed by atoms with Gasteiger partial charge >= 0.3 is 58.2 Å². The Labute approximate surface area is 107 Å². The summed E-state index contributed by atoms with van der Waals surface area (Å²) in [5.74, 6) is 0. The van der Waals surface area contributed by atoms with Gasteiger partial charge in [0, 0.05) is 0 Å². The van der Waals surface area contributed by atoms with Gasteiger partial charge in [-0.1, -0.05) is 13.8 Å². The number of nitrogens with one attached hydrogen (secondary N) is 1. The standard InChI is InChI=1S/C4H9N2.C2H6.Rb/c1-2-6-4-3-5-1;1-2;/h5H,1-4H2;1-2H3;/q-1;;+1. The molecule has 3 heteroatoms. The molecule has 0 aromatic rings. The van der Waals surface area contributed by atoms with Crippen LogP contribution in [0.25, 0.3) is 5.32 Å². The van der Waals surface area contributed by atoms with Crippen molar-refractivity contribution >= 4 is 0 Å². The maximum Gasteiger partial charge on any atom is 1.00 e. The number of rotatable bonds is 0. The van der Waals surface area contributed by atoms with Crippen molar-refractivity contribution in [3.8, 4) is 0 Å². The molecule has 1 aliphatic rings. The van der Waals surface area contributed by atoms with Crippen molar-refractivity contribution in [1.29, 1.82) is 0 Å². The molecule has 0 atom stereocenters. The van der Waals surface area contributed by atoms with Crippen molar-refractivity contribution in [3.63, 3.8) is 0 Å². The van der Waals surface area contributed by atoms with E-state index in [9.17, 15) is 0 Å². The molecule has 1 N–H and O–H groups in total. The van der Waals surface area contributed by atoms with Gasteiger partial charge in [0.2, 0.25) is 0 Å². The van der Waals surface area contributed by atoms with Gasteiger partial charge in [0.25, 0.3) is 0 Å². The van der Waals surface area contributed by atoms with E-state index in [1.807, 2.05) is 13.8 Å². The molecule has 1 heterocycles. The zero-order chi connectivity index (χ0) is 6.24. The van der Waals surface area contributed by atoms with Gasteiger partial charge in [-0.15, -0.1) is 13.1 Å². The van der Waals surface area contributed by atoms with Gasteiger partial charge in [-0.2, -0.15) is 0 Å². The van der Waals surface area contributed by atoms with Gasteiger partial charge in [-0.25, -0.2) is 0 Å². The Morgan fingerprint density at radius 1 is 1.11 bits per heavy atom. The average Bonchev–Trinajstić information content (AvgIpc) is 1.96. The fraction of sp³-hybridized carbons (Fsp3) is 1.00. The van der Waals surface area contributed by atoms with Gasteiger partial charge in [-0.05, 0) is 13.1 Å². The van der Waals surface area contributed by atoms with Crippen molar-refractivity contribution in [3.05, 3.63) is 5.32 Å². The molecule has 1 aliphatic heterocycles. The summed E-state index contributed by atoms with van der Waals surface area (Å²) in [5, 5.41) is 7.31. The molecule has 0 unspecified atom stereocenters. The van der Waals surface area contributed by atoms with E-state index >= 15 is 0 Å². The predicted molar refractivity (Wildman–Crippen MR) is 37.3 cm³/mol. The summed E-state index contributed by atoms with van der Waals surface area (Å²) in [6.45, 7) is 8.19. The first-order valence-corrected chi connectivity index (χ1v) is 3.34. The molecule has 9 heavy (non-hydrogen) atoms. The molecule has 0 saturated carbocycles. The van der Waals surface area contributed by atoms with E-state index in [2.05, 4.69) is 10.6 Å². The predicted octanol–water partition coefficient (Wildman–Crippen LogP) is -2.01. The smallest absolute Gasteiger partial charge is 0.660 e. The molecule has 1 fully saturated rings. The minimum absolute atomic E-state index is 0. The van der Waals surface area contributed by atoms with Crippen LogP contribution in [0.15, 0.2) is 0 Å². The van der Waals surface area contributed by atoms with Crippen LogP contribution in [0.2, 0.25) is 0 Å². The number of hydrogen-bond donors (Lipinski definition) is 1. The van der Waals surface area contributed by atoms with Crippen LogP contribution in [0.5, 0.6) is 0 Å².